The van der Waals surface area contributed by atoms with Gasteiger partial charge in [-0.15, -0.1) is 0 Å². The van der Waals surface area contributed by atoms with Gasteiger partial charge in [0.15, 0.2) is 0 Å². The van der Waals surface area contributed by atoms with Crippen molar-refractivity contribution in [2.75, 3.05) is 6.54 Å². The van der Waals surface area contributed by atoms with E-state index in [1.54, 1.807) is 17.2 Å². The normalized spacial score (nSPS) is 24.4. The van der Waals surface area contributed by atoms with Crippen molar-refractivity contribution in [3.8, 4) is 0 Å². The third-order valence-corrected chi connectivity index (χ3v) is 2.22. The fraction of sp³-hybridized carbons (Fsp3) is 0.667. The zero-order valence-corrected chi connectivity index (χ0v) is 8.14. The van der Waals surface area contributed by atoms with Crippen molar-refractivity contribution in [3.63, 3.8) is 0 Å². The fourth-order valence-corrected chi connectivity index (χ4v) is 1.14. The number of aliphatic imine (C=N–C) groups is 1. The standard InChI is InChI=1S/C9H17N3O/c1-3-7(2)6-12-5-4-8(10)11-9(12)13/h4-5,7,9,13H,3,6H2,1-2H3,(H2,10,11)/t7-,9?/m1/s1. The smallest absolute Gasteiger partial charge is 0.227 e. The summed E-state index contributed by atoms with van der Waals surface area (Å²) in [6.07, 6.45) is 3.78. The Morgan fingerprint density at radius 3 is 3.00 bits per heavy atom. The van der Waals surface area contributed by atoms with Crippen LogP contribution in [0.3, 0.4) is 0 Å². The monoisotopic (exact) mass is 183 g/mol. The molecule has 74 valence electrons. The molecule has 0 amide bonds. The van der Waals surface area contributed by atoms with E-state index in [-0.39, 0.29) is 0 Å². The summed E-state index contributed by atoms with van der Waals surface area (Å²) in [5.74, 6) is 0.932. The number of amidine groups is 1. The van der Waals surface area contributed by atoms with Crippen LogP contribution in [-0.4, -0.2) is 28.7 Å². The number of hydrogen-bond acceptors (Lipinski definition) is 4. The molecule has 1 aliphatic rings. The third-order valence-electron chi connectivity index (χ3n) is 2.22. The highest BCUT2D eigenvalue weighted by Gasteiger charge is 2.15. The maximum atomic E-state index is 9.49. The zero-order valence-electron chi connectivity index (χ0n) is 8.14. The van der Waals surface area contributed by atoms with Gasteiger partial charge >= 0.3 is 0 Å². The number of hydrogen-bond donors (Lipinski definition) is 2. The summed E-state index contributed by atoms with van der Waals surface area (Å²) in [6, 6.07) is 0. The van der Waals surface area contributed by atoms with E-state index in [4.69, 9.17) is 5.73 Å². The predicted molar refractivity (Wildman–Crippen MR) is 52.9 cm³/mol. The van der Waals surface area contributed by atoms with Gasteiger partial charge in [0.2, 0.25) is 6.35 Å². The molecular formula is C9H17N3O. The van der Waals surface area contributed by atoms with E-state index in [2.05, 4.69) is 18.8 Å². The molecule has 2 atom stereocenters. The summed E-state index contributed by atoms with van der Waals surface area (Å²) in [6.45, 7) is 5.08. The van der Waals surface area contributed by atoms with Gasteiger partial charge in [-0.2, -0.15) is 0 Å². The van der Waals surface area contributed by atoms with Crippen molar-refractivity contribution in [2.24, 2.45) is 16.6 Å². The first-order valence-electron chi connectivity index (χ1n) is 4.58. The number of aliphatic hydroxyl groups excluding tert-OH is 1. The molecule has 0 saturated heterocycles. The van der Waals surface area contributed by atoms with Crippen molar-refractivity contribution in [1.29, 1.82) is 0 Å². The van der Waals surface area contributed by atoms with Gasteiger partial charge in [-0.3, -0.25) is 0 Å². The maximum absolute atomic E-state index is 9.49. The fourth-order valence-electron chi connectivity index (χ4n) is 1.14. The second-order valence-electron chi connectivity index (χ2n) is 3.43. The van der Waals surface area contributed by atoms with Gasteiger partial charge in [-0.05, 0) is 12.0 Å². The van der Waals surface area contributed by atoms with Gasteiger partial charge in [-0.1, -0.05) is 20.3 Å². The SMILES string of the molecule is CC[C@@H](C)CN1C=CC(N)=NC1O. The van der Waals surface area contributed by atoms with Crippen LogP contribution in [0.4, 0.5) is 0 Å². The van der Waals surface area contributed by atoms with E-state index >= 15 is 0 Å². The molecule has 0 aliphatic carbocycles. The van der Waals surface area contributed by atoms with Crippen molar-refractivity contribution in [1.82, 2.24) is 4.90 Å². The molecule has 1 aliphatic heterocycles. The average molecular weight is 183 g/mol. The highest BCUT2D eigenvalue weighted by Crippen LogP contribution is 2.10. The summed E-state index contributed by atoms with van der Waals surface area (Å²) in [7, 11) is 0. The molecule has 0 aromatic carbocycles. The van der Waals surface area contributed by atoms with Crippen LogP contribution in [0.1, 0.15) is 20.3 Å². The number of nitrogens with zero attached hydrogens (tertiary/aromatic N) is 2. The van der Waals surface area contributed by atoms with Crippen LogP contribution < -0.4 is 5.73 Å². The van der Waals surface area contributed by atoms with Crippen molar-refractivity contribution >= 4 is 5.84 Å². The summed E-state index contributed by atoms with van der Waals surface area (Å²) in [5, 5.41) is 9.49. The first kappa shape index (κ1) is 10.1. The molecule has 0 saturated carbocycles. The lowest BCUT2D eigenvalue weighted by atomic mass is 10.1. The van der Waals surface area contributed by atoms with Crippen LogP contribution in [0.25, 0.3) is 0 Å². The molecule has 1 heterocycles. The van der Waals surface area contributed by atoms with E-state index in [1.807, 2.05) is 0 Å². The van der Waals surface area contributed by atoms with Gasteiger partial charge in [0.1, 0.15) is 5.84 Å². The quantitative estimate of drug-likeness (QED) is 0.669. The van der Waals surface area contributed by atoms with Crippen LogP contribution in [0.5, 0.6) is 0 Å². The minimum absolute atomic E-state index is 0.382. The Morgan fingerprint density at radius 1 is 1.77 bits per heavy atom. The van der Waals surface area contributed by atoms with Gasteiger partial charge in [0.05, 0.1) is 0 Å². The van der Waals surface area contributed by atoms with Gasteiger partial charge in [0, 0.05) is 12.7 Å². The van der Waals surface area contributed by atoms with Crippen LogP contribution in [0, 0.1) is 5.92 Å². The van der Waals surface area contributed by atoms with Crippen molar-refractivity contribution in [2.45, 2.75) is 26.6 Å². The van der Waals surface area contributed by atoms with Crippen LogP contribution >= 0.6 is 0 Å². The molecule has 0 radical (unpaired) electrons. The molecule has 3 N–H and O–H groups in total. The Morgan fingerprint density at radius 2 is 2.46 bits per heavy atom. The Kier molecular flexibility index (Phi) is 3.31. The van der Waals surface area contributed by atoms with E-state index in [1.165, 1.54) is 0 Å². The van der Waals surface area contributed by atoms with Crippen LogP contribution in [0.15, 0.2) is 17.3 Å². The summed E-state index contributed by atoms with van der Waals surface area (Å²) in [5.41, 5.74) is 5.43. The summed E-state index contributed by atoms with van der Waals surface area (Å²) < 4.78 is 0. The number of nitrogens with two attached hydrogens (primary N) is 1. The first-order valence-corrected chi connectivity index (χ1v) is 4.58. The van der Waals surface area contributed by atoms with Crippen molar-refractivity contribution in [3.05, 3.63) is 12.3 Å². The van der Waals surface area contributed by atoms with Crippen LogP contribution in [-0.2, 0) is 0 Å². The second-order valence-corrected chi connectivity index (χ2v) is 3.43. The molecular weight excluding hydrogens is 166 g/mol. The Balaban J connectivity index is 2.50. The zero-order chi connectivity index (χ0) is 9.84. The lowest BCUT2D eigenvalue weighted by Gasteiger charge is -2.28. The Labute approximate surface area is 78.8 Å². The lowest BCUT2D eigenvalue weighted by Crippen LogP contribution is -2.37. The van der Waals surface area contributed by atoms with Gasteiger partial charge in [0.25, 0.3) is 0 Å². The van der Waals surface area contributed by atoms with E-state index < -0.39 is 6.35 Å². The molecule has 1 rings (SSSR count). The molecule has 4 heteroatoms. The van der Waals surface area contributed by atoms with Gasteiger partial charge < -0.3 is 15.7 Å². The molecule has 13 heavy (non-hydrogen) atoms. The first-order chi connectivity index (χ1) is 6.13. The summed E-state index contributed by atoms with van der Waals surface area (Å²) >= 11 is 0. The minimum atomic E-state index is -0.806. The largest absolute Gasteiger partial charge is 0.384 e. The maximum Gasteiger partial charge on any atom is 0.227 e. The Hall–Kier alpha value is -1.03. The average Bonchev–Trinajstić information content (AvgIpc) is 2.09. The van der Waals surface area contributed by atoms with Crippen LogP contribution in [0.2, 0.25) is 0 Å². The third kappa shape index (κ3) is 2.73. The molecule has 4 nitrogen and oxygen atoms in total. The van der Waals surface area contributed by atoms with E-state index in [0.717, 1.165) is 13.0 Å². The van der Waals surface area contributed by atoms with Gasteiger partial charge in [-0.25, -0.2) is 4.99 Å². The molecule has 0 spiro atoms. The number of rotatable bonds is 3. The second kappa shape index (κ2) is 4.28. The molecule has 1 unspecified atom stereocenters. The summed E-state index contributed by atoms with van der Waals surface area (Å²) in [4.78, 5) is 5.62. The van der Waals surface area contributed by atoms with E-state index in [0.29, 0.717) is 11.8 Å². The Bertz CT molecular complexity index is 225. The molecule has 0 aromatic heterocycles. The molecule has 0 aromatic rings. The number of aliphatic hydroxyl groups is 1. The lowest BCUT2D eigenvalue weighted by molar-refractivity contribution is 0.0351. The molecule has 0 bridgehead atoms. The molecule has 0 fully saturated rings. The topological polar surface area (TPSA) is 61.8 Å². The highest BCUT2D eigenvalue weighted by atomic mass is 16.3. The van der Waals surface area contributed by atoms with Crippen molar-refractivity contribution < 1.29 is 5.11 Å². The highest BCUT2D eigenvalue weighted by molar-refractivity contribution is 5.91. The van der Waals surface area contributed by atoms with E-state index in [9.17, 15) is 5.11 Å². The predicted octanol–water partition coefficient (Wildman–Crippen LogP) is 0.495. The minimum Gasteiger partial charge on any atom is -0.384 e.